The number of nitrogens with one attached hydrogen (secondary N) is 1. The molecular weight excluding hydrogens is 330 g/mol. The topological polar surface area (TPSA) is 95.7 Å². The lowest BCUT2D eigenvalue weighted by molar-refractivity contribution is -0.137. The Bertz CT molecular complexity index is 588. The molecule has 24 heavy (non-hydrogen) atoms. The van der Waals surface area contributed by atoms with E-state index in [2.05, 4.69) is 10.2 Å². The van der Waals surface area contributed by atoms with E-state index in [0.29, 0.717) is 10.7 Å². The summed E-state index contributed by atoms with van der Waals surface area (Å²) in [7, 11) is 0. The quantitative estimate of drug-likeness (QED) is 0.699. The third kappa shape index (κ3) is 5.78. The molecular formula is C17H24ClN3O3. The Kier molecular flexibility index (Phi) is 7.02. The molecule has 0 spiro atoms. The molecule has 1 aliphatic rings. The fourth-order valence-corrected chi connectivity index (χ4v) is 2.95. The van der Waals surface area contributed by atoms with Crippen LogP contribution in [0.1, 0.15) is 37.7 Å². The predicted octanol–water partition coefficient (Wildman–Crippen LogP) is 2.46. The minimum Gasteiger partial charge on any atom is -0.481 e. The van der Waals surface area contributed by atoms with Crippen molar-refractivity contribution >= 4 is 29.2 Å². The summed E-state index contributed by atoms with van der Waals surface area (Å²) in [6.45, 7) is 2.88. The van der Waals surface area contributed by atoms with Crippen LogP contribution in [0.25, 0.3) is 0 Å². The van der Waals surface area contributed by atoms with Crippen molar-refractivity contribution in [1.29, 1.82) is 0 Å². The summed E-state index contributed by atoms with van der Waals surface area (Å²) in [5, 5.41) is 12.1. The zero-order valence-corrected chi connectivity index (χ0v) is 14.4. The maximum atomic E-state index is 12.0. The van der Waals surface area contributed by atoms with Crippen LogP contribution >= 0.6 is 11.6 Å². The van der Waals surface area contributed by atoms with Gasteiger partial charge in [-0.2, -0.15) is 0 Å². The van der Waals surface area contributed by atoms with Gasteiger partial charge in [0.15, 0.2) is 0 Å². The molecule has 1 aromatic rings. The number of carbonyl (C=O) groups is 2. The molecule has 0 unspecified atom stereocenters. The predicted molar refractivity (Wildman–Crippen MR) is 94.1 cm³/mol. The summed E-state index contributed by atoms with van der Waals surface area (Å²) in [6, 6.07) is 4.50. The van der Waals surface area contributed by atoms with E-state index >= 15 is 0 Å². The number of carboxylic acid groups (broad SMARTS) is 1. The number of nitrogens with zero attached hydrogens (tertiary/aromatic N) is 1. The molecule has 1 amide bonds. The second-order valence-electron chi connectivity index (χ2n) is 6.17. The number of hydrogen-bond donors (Lipinski definition) is 3. The van der Waals surface area contributed by atoms with Crippen molar-refractivity contribution in [2.45, 2.75) is 44.7 Å². The molecule has 0 saturated carbocycles. The van der Waals surface area contributed by atoms with Crippen molar-refractivity contribution < 1.29 is 14.7 Å². The normalized spacial score (nSPS) is 16.6. The van der Waals surface area contributed by atoms with E-state index in [0.717, 1.165) is 25.2 Å². The lowest BCUT2D eigenvalue weighted by atomic mass is 10.1. The number of hydrogen-bond acceptors (Lipinski definition) is 4. The van der Waals surface area contributed by atoms with Gasteiger partial charge < -0.3 is 16.2 Å². The fourth-order valence-electron chi connectivity index (χ4n) is 2.78. The largest absolute Gasteiger partial charge is 0.481 e. The van der Waals surface area contributed by atoms with Crippen molar-refractivity contribution in [1.82, 2.24) is 4.90 Å². The Hall–Kier alpha value is -1.63. The average Bonchev–Trinajstić information content (AvgIpc) is 2.56. The summed E-state index contributed by atoms with van der Waals surface area (Å²) < 4.78 is 0. The summed E-state index contributed by atoms with van der Waals surface area (Å²) in [5.41, 5.74) is 7.32. The zero-order chi connectivity index (χ0) is 17.5. The lowest BCUT2D eigenvalue weighted by Gasteiger charge is -2.27. The highest BCUT2D eigenvalue weighted by Crippen LogP contribution is 2.23. The highest BCUT2D eigenvalue weighted by atomic mass is 35.5. The smallest absolute Gasteiger partial charge is 0.303 e. The number of piperidine rings is 1. The standard InChI is InChI=1S/C17H24ClN3O3/c18-14-5-4-13(20-17(24)15(19)6-7-16(22)23)10-12(14)11-21-8-2-1-3-9-21/h4-5,10,15H,1-3,6-9,11,19H2,(H,20,24)(H,22,23)/t15-/m0/s1. The zero-order valence-electron chi connectivity index (χ0n) is 13.6. The minimum atomic E-state index is -0.964. The van der Waals surface area contributed by atoms with Gasteiger partial charge in [-0.3, -0.25) is 14.5 Å². The number of carboxylic acids is 1. The minimum absolute atomic E-state index is 0.107. The number of nitrogens with two attached hydrogens (primary N) is 1. The van der Waals surface area contributed by atoms with Gasteiger partial charge in [0.25, 0.3) is 0 Å². The van der Waals surface area contributed by atoms with Crippen LogP contribution in [0.2, 0.25) is 5.02 Å². The van der Waals surface area contributed by atoms with Gasteiger partial charge in [-0.1, -0.05) is 18.0 Å². The molecule has 1 heterocycles. The van der Waals surface area contributed by atoms with Gasteiger partial charge in [0.1, 0.15) is 0 Å². The number of halogens is 1. The molecule has 1 saturated heterocycles. The Balaban J connectivity index is 1.96. The first-order valence-corrected chi connectivity index (χ1v) is 8.62. The third-order valence-electron chi connectivity index (χ3n) is 4.16. The van der Waals surface area contributed by atoms with E-state index in [9.17, 15) is 9.59 Å². The van der Waals surface area contributed by atoms with Crippen LogP contribution in [0.15, 0.2) is 18.2 Å². The first-order chi connectivity index (χ1) is 11.5. The van der Waals surface area contributed by atoms with Crippen LogP contribution < -0.4 is 11.1 Å². The number of aliphatic carboxylic acids is 1. The Morgan fingerprint density at radius 1 is 1.29 bits per heavy atom. The van der Waals surface area contributed by atoms with Gasteiger partial charge in [-0.15, -0.1) is 0 Å². The molecule has 6 nitrogen and oxygen atoms in total. The number of anilines is 1. The van der Waals surface area contributed by atoms with Crippen molar-refractivity contribution in [2.24, 2.45) is 5.73 Å². The molecule has 0 aliphatic carbocycles. The van der Waals surface area contributed by atoms with Crippen LogP contribution in [0.5, 0.6) is 0 Å². The van der Waals surface area contributed by atoms with Gasteiger partial charge in [0.05, 0.1) is 6.04 Å². The molecule has 0 bridgehead atoms. The average molecular weight is 354 g/mol. The van der Waals surface area contributed by atoms with Gasteiger partial charge >= 0.3 is 5.97 Å². The molecule has 4 N–H and O–H groups in total. The lowest BCUT2D eigenvalue weighted by Crippen LogP contribution is -2.36. The van der Waals surface area contributed by atoms with Gasteiger partial charge in [-0.05, 0) is 56.1 Å². The molecule has 1 atom stereocenters. The van der Waals surface area contributed by atoms with Crippen LogP contribution in [0, 0.1) is 0 Å². The van der Waals surface area contributed by atoms with Crippen LogP contribution in [0.3, 0.4) is 0 Å². The monoisotopic (exact) mass is 353 g/mol. The molecule has 1 aromatic carbocycles. The van der Waals surface area contributed by atoms with Crippen molar-refractivity contribution in [3.63, 3.8) is 0 Å². The van der Waals surface area contributed by atoms with E-state index in [4.69, 9.17) is 22.4 Å². The first kappa shape index (κ1) is 18.7. The Morgan fingerprint density at radius 2 is 2.00 bits per heavy atom. The van der Waals surface area contributed by atoms with Gasteiger partial charge in [-0.25, -0.2) is 0 Å². The van der Waals surface area contributed by atoms with E-state index < -0.39 is 12.0 Å². The summed E-state index contributed by atoms with van der Waals surface area (Å²) in [5.74, 6) is -1.35. The van der Waals surface area contributed by atoms with E-state index in [1.807, 2.05) is 6.07 Å². The number of amides is 1. The molecule has 0 radical (unpaired) electrons. The summed E-state index contributed by atoms with van der Waals surface area (Å²) in [6.07, 6.45) is 3.65. The highest BCUT2D eigenvalue weighted by Gasteiger charge is 2.16. The summed E-state index contributed by atoms with van der Waals surface area (Å²) in [4.78, 5) is 24.9. The second kappa shape index (κ2) is 9.01. The number of benzene rings is 1. The Labute approximate surface area is 147 Å². The second-order valence-corrected chi connectivity index (χ2v) is 6.58. The number of likely N-dealkylation sites (tertiary alicyclic amines) is 1. The van der Waals surface area contributed by atoms with Crippen molar-refractivity contribution in [3.8, 4) is 0 Å². The molecule has 132 valence electrons. The number of carbonyl (C=O) groups excluding carboxylic acids is 1. The molecule has 1 fully saturated rings. The fraction of sp³-hybridized carbons (Fsp3) is 0.529. The Morgan fingerprint density at radius 3 is 2.67 bits per heavy atom. The first-order valence-electron chi connectivity index (χ1n) is 8.24. The van der Waals surface area contributed by atoms with Crippen molar-refractivity contribution in [2.75, 3.05) is 18.4 Å². The van der Waals surface area contributed by atoms with Crippen molar-refractivity contribution in [3.05, 3.63) is 28.8 Å². The van der Waals surface area contributed by atoms with E-state index in [1.165, 1.54) is 19.3 Å². The molecule has 0 aromatic heterocycles. The maximum absolute atomic E-state index is 12.0. The van der Waals surface area contributed by atoms with Gasteiger partial charge in [0.2, 0.25) is 5.91 Å². The van der Waals surface area contributed by atoms with Crippen LogP contribution in [0.4, 0.5) is 5.69 Å². The summed E-state index contributed by atoms with van der Waals surface area (Å²) >= 11 is 6.27. The van der Waals surface area contributed by atoms with E-state index in [1.54, 1.807) is 12.1 Å². The van der Waals surface area contributed by atoms with Gasteiger partial charge in [0, 0.05) is 23.7 Å². The SMILES string of the molecule is N[C@@H](CCC(=O)O)C(=O)Nc1ccc(Cl)c(CN2CCCCC2)c1. The maximum Gasteiger partial charge on any atom is 0.303 e. The molecule has 1 aliphatic heterocycles. The molecule has 2 rings (SSSR count). The highest BCUT2D eigenvalue weighted by molar-refractivity contribution is 6.31. The van der Waals surface area contributed by atoms with Crippen LogP contribution in [-0.2, 0) is 16.1 Å². The number of rotatable bonds is 7. The van der Waals surface area contributed by atoms with Crippen LogP contribution in [-0.4, -0.2) is 41.0 Å². The van der Waals surface area contributed by atoms with E-state index in [-0.39, 0.29) is 18.7 Å². The third-order valence-corrected chi connectivity index (χ3v) is 4.53. The molecule has 7 heteroatoms.